The number of aliphatic hydroxyl groups excluding tert-OH is 1. The molecule has 1 N–H and O–H groups in total. The van der Waals surface area contributed by atoms with Gasteiger partial charge >= 0.3 is 0 Å². The Bertz CT molecular complexity index is 501. The van der Waals surface area contributed by atoms with E-state index < -0.39 is 0 Å². The molecule has 1 aromatic carbocycles. The fraction of sp³-hybridized carbons (Fsp3) is 0.200. The third-order valence-corrected chi connectivity index (χ3v) is 4.48. The van der Waals surface area contributed by atoms with Crippen molar-refractivity contribution in [3.63, 3.8) is 0 Å². The van der Waals surface area contributed by atoms with E-state index in [1.165, 1.54) is 11.5 Å². The van der Waals surface area contributed by atoms with Crippen molar-refractivity contribution in [1.82, 2.24) is 9.36 Å². The second-order valence-corrected chi connectivity index (χ2v) is 6.05. The number of aryl methyl sites for hydroxylation is 1. The van der Waals surface area contributed by atoms with Crippen molar-refractivity contribution in [2.24, 2.45) is 0 Å². The molecule has 2 rings (SSSR count). The van der Waals surface area contributed by atoms with Gasteiger partial charge in [0.05, 0.1) is 6.61 Å². The molecule has 6 heteroatoms. The first-order chi connectivity index (χ1) is 7.69. The molecule has 0 aliphatic carbocycles. The summed E-state index contributed by atoms with van der Waals surface area (Å²) in [4.78, 5) is 5.37. The van der Waals surface area contributed by atoms with Crippen LogP contribution < -0.4 is 0 Å². The molecule has 3 nitrogen and oxygen atoms in total. The molecule has 0 amide bonds. The van der Waals surface area contributed by atoms with Gasteiger partial charge < -0.3 is 5.11 Å². The highest BCUT2D eigenvalue weighted by Gasteiger charge is 2.05. The third kappa shape index (κ3) is 2.82. The van der Waals surface area contributed by atoms with Gasteiger partial charge in [0.2, 0.25) is 0 Å². The summed E-state index contributed by atoms with van der Waals surface area (Å²) in [6.07, 6.45) is 0. The molecular formula is C10H9BrN2OS2. The van der Waals surface area contributed by atoms with Crippen molar-refractivity contribution < 1.29 is 5.11 Å². The number of aliphatic hydroxyl groups is 1. The van der Waals surface area contributed by atoms with Crippen LogP contribution in [-0.4, -0.2) is 14.5 Å². The number of aromatic nitrogens is 2. The van der Waals surface area contributed by atoms with Crippen molar-refractivity contribution in [3.05, 3.63) is 34.1 Å². The fourth-order valence-electron chi connectivity index (χ4n) is 1.14. The lowest BCUT2D eigenvalue weighted by atomic mass is 10.2. The van der Waals surface area contributed by atoms with Gasteiger partial charge in [-0.25, -0.2) is 4.98 Å². The Labute approximate surface area is 110 Å². The quantitative estimate of drug-likeness (QED) is 0.944. The van der Waals surface area contributed by atoms with E-state index in [-0.39, 0.29) is 6.61 Å². The summed E-state index contributed by atoms with van der Waals surface area (Å²) >= 11 is 6.39. The molecule has 0 saturated carbocycles. The van der Waals surface area contributed by atoms with Crippen LogP contribution in [0.15, 0.2) is 31.9 Å². The van der Waals surface area contributed by atoms with E-state index in [2.05, 4.69) is 25.3 Å². The third-order valence-electron chi connectivity index (χ3n) is 1.91. The number of hydrogen-bond donors (Lipinski definition) is 1. The molecule has 1 heterocycles. The minimum absolute atomic E-state index is 0.0451. The first-order valence-corrected chi connectivity index (χ1v) is 6.95. The summed E-state index contributed by atoms with van der Waals surface area (Å²) < 4.78 is 5.98. The van der Waals surface area contributed by atoms with E-state index in [0.29, 0.717) is 0 Å². The van der Waals surface area contributed by atoms with Crippen LogP contribution in [0.3, 0.4) is 0 Å². The first kappa shape index (κ1) is 12.0. The molecule has 0 spiro atoms. The summed E-state index contributed by atoms with van der Waals surface area (Å²) in [5.74, 6) is 0.804. The predicted octanol–water partition coefficient (Wildman–Crippen LogP) is 3.25. The Hall–Kier alpha value is -0.430. The molecule has 16 heavy (non-hydrogen) atoms. The maximum absolute atomic E-state index is 9.05. The average molecular weight is 317 g/mol. The highest BCUT2D eigenvalue weighted by atomic mass is 79.9. The molecular weight excluding hydrogens is 308 g/mol. The average Bonchev–Trinajstić information content (AvgIpc) is 2.64. The lowest BCUT2D eigenvalue weighted by molar-refractivity contribution is 0.281. The number of benzene rings is 1. The van der Waals surface area contributed by atoms with Gasteiger partial charge in [0.15, 0.2) is 4.34 Å². The zero-order valence-electron chi connectivity index (χ0n) is 8.48. The minimum atomic E-state index is 0.0451. The summed E-state index contributed by atoms with van der Waals surface area (Å²) in [5, 5.41) is 9.05. The summed E-state index contributed by atoms with van der Waals surface area (Å²) in [6.45, 7) is 1.93. The van der Waals surface area contributed by atoms with E-state index >= 15 is 0 Å². The second kappa shape index (κ2) is 5.27. The summed E-state index contributed by atoms with van der Waals surface area (Å²) in [7, 11) is 0. The summed E-state index contributed by atoms with van der Waals surface area (Å²) in [5.41, 5.74) is 0.887. The van der Waals surface area contributed by atoms with Gasteiger partial charge in [-0.15, -0.1) is 0 Å². The van der Waals surface area contributed by atoms with Gasteiger partial charge in [-0.3, -0.25) is 0 Å². The normalized spacial score (nSPS) is 10.7. The van der Waals surface area contributed by atoms with Crippen molar-refractivity contribution in [1.29, 1.82) is 0 Å². The Morgan fingerprint density at radius 2 is 2.31 bits per heavy atom. The Morgan fingerprint density at radius 3 is 2.88 bits per heavy atom. The maximum Gasteiger partial charge on any atom is 0.174 e. The van der Waals surface area contributed by atoms with E-state index in [1.807, 2.05) is 25.1 Å². The van der Waals surface area contributed by atoms with Crippen molar-refractivity contribution in [2.45, 2.75) is 22.8 Å². The zero-order chi connectivity index (χ0) is 11.5. The smallest absolute Gasteiger partial charge is 0.174 e. The SMILES string of the molecule is Cc1nsc(Sc2ccc(CO)c(Br)c2)n1. The molecule has 0 radical (unpaired) electrons. The van der Waals surface area contributed by atoms with Crippen LogP contribution in [0.4, 0.5) is 0 Å². The molecule has 1 aromatic heterocycles. The van der Waals surface area contributed by atoms with E-state index in [0.717, 1.165) is 25.1 Å². The highest BCUT2D eigenvalue weighted by Crippen LogP contribution is 2.31. The van der Waals surface area contributed by atoms with Gasteiger partial charge in [-0.2, -0.15) is 4.37 Å². The largest absolute Gasteiger partial charge is 0.392 e. The van der Waals surface area contributed by atoms with Crippen LogP contribution in [0.25, 0.3) is 0 Å². The molecule has 2 aromatic rings. The number of nitrogens with zero attached hydrogens (tertiary/aromatic N) is 2. The molecule has 0 unspecified atom stereocenters. The standard InChI is InChI=1S/C10H9BrN2OS2/c1-6-12-10(16-13-6)15-8-3-2-7(5-14)9(11)4-8/h2-4,14H,5H2,1H3. The van der Waals surface area contributed by atoms with E-state index in [4.69, 9.17) is 5.11 Å². The van der Waals surface area contributed by atoms with Crippen LogP contribution in [0, 0.1) is 6.92 Å². The highest BCUT2D eigenvalue weighted by molar-refractivity contribution is 9.10. The second-order valence-electron chi connectivity index (χ2n) is 3.12. The monoisotopic (exact) mass is 316 g/mol. The molecule has 0 atom stereocenters. The summed E-state index contributed by atoms with van der Waals surface area (Å²) in [6, 6.07) is 5.85. The number of halogens is 1. The van der Waals surface area contributed by atoms with Crippen LogP contribution >= 0.6 is 39.2 Å². The van der Waals surface area contributed by atoms with Crippen LogP contribution in [0.2, 0.25) is 0 Å². The zero-order valence-corrected chi connectivity index (χ0v) is 11.7. The number of rotatable bonds is 3. The van der Waals surface area contributed by atoms with Crippen molar-refractivity contribution >= 4 is 39.2 Å². The van der Waals surface area contributed by atoms with Gasteiger partial charge in [0.1, 0.15) is 5.82 Å². The lowest BCUT2D eigenvalue weighted by Crippen LogP contribution is -1.85. The number of hydrogen-bond acceptors (Lipinski definition) is 5. The van der Waals surface area contributed by atoms with E-state index in [9.17, 15) is 0 Å². The topological polar surface area (TPSA) is 46.0 Å². The maximum atomic E-state index is 9.05. The Morgan fingerprint density at radius 1 is 1.50 bits per heavy atom. The predicted molar refractivity (Wildman–Crippen MR) is 68.8 cm³/mol. The van der Waals surface area contributed by atoms with Gasteiger partial charge in [-0.05, 0) is 36.2 Å². The van der Waals surface area contributed by atoms with Gasteiger partial charge in [0.25, 0.3) is 0 Å². The molecule has 0 bridgehead atoms. The minimum Gasteiger partial charge on any atom is -0.392 e. The molecule has 0 saturated heterocycles. The first-order valence-electron chi connectivity index (χ1n) is 4.56. The Balaban J connectivity index is 2.19. The molecule has 0 aliphatic heterocycles. The lowest BCUT2D eigenvalue weighted by Gasteiger charge is -2.02. The van der Waals surface area contributed by atoms with E-state index in [1.54, 1.807) is 11.8 Å². The molecule has 0 fully saturated rings. The van der Waals surface area contributed by atoms with Gasteiger partial charge in [-0.1, -0.05) is 33.8 Å². The van der Waals surface area contributed by atoms with Crippen molar-refractivity contribution in [2.75, 3.05) is 0 Å². The molecule has 0 aliphatic rings. The Kier molecular flexibility index (Phi) is 3.96. The van der Waals surface area contributed by atoms with Crippen LogP contribution in [0.1, 0.15) is 11.4 Å². The van der Waals surface area contributed by atoms with Crippen LogP contribution in [0.5, 0.6) is 0 Å². The van der Waals surface area contributed by atoms with Crippen LogP contribution in [-0.2, 0) is 6.61 Å². The fourth-order valence-corrected chi connectivity index (χ4v) is 3.46. The molecule has 84 valence electrons. The van der Waals surface area contributed by atoms with Gasteiger partial charge in [0, 0.05) is 9.37 Å². The van der Waals surface area contributed by atoms with Crippen molar-refractivity contribution in [3.8, 4) is 0 Å².